The predicted molar refractivity (Wildman–Crippen MR) is 109 cm³/mol. The molecule has 144 valence electrons. The minimum atomic E-state index is 0.131. The van der Waals surface area contributed by atoms with Crippen LogP contribution >= 0.6 is 23.6 Å². The van der Waals surface area contributed by atoms with E-state index in [9.17, 15) is 4.79 Å². The third kappa shape index (κ3) is 3.40. The Kier molecular flexibility index (Phi) is 4.47. The van der Waals surface area contributed by atoms with Crippen molar-refractivity contribution >= 4 is 29.5 Å². The van der Waals surface area contributed by atoms with Crippen LogP contribution in [0.25, 0.3) is 10.7 Å². The lowest BCUT2D eigenvalue weighted by Gasteiger charge is -2.56. The van der Waals surface area contributed by atoms with Gasteiger partial charge in [-0.05, 0) is 85.4 Å². The van der Waals surface area contributed by atoms with Crippen LogP contribution in [0.15, 0.2) is 17.5 Å². The third-order valence-electron chi connectivity index (χ3n) is 6.89. The van der Waals surface area contributed by atoms with Crippen molar-refractivity contribution in [2.24, 2.45) is 23.2 Å². The highest BCUT2D eigenvalue weighted by Crippen LogP contribution is 2.59. The Morgan fingerprint density at radius 3 is 2.63 bits per heavy atom. The maximum atomic E-state index is 12.6. The van der Waals surface area contributed by atoms with Crippen molar-refractivity contribution in [1.82, 2.24) is 20.1 Å². The summed E-state index contributed by atoms with van der Waals surface area (Å²) in [5.41, 5.74) is 0.387. The molecule has 0 aliphatic heterocycles. The highest BCUT2D eigenvalue weighted by Gasteiger charge is 2.50. The number of hydrogen-bond donors (Lipinski definition) is 2. The average molecular weight is 403 g/mol. The molecule has 2 aromatic heterocycles. The van der Waals surface area contributed by atoms with Gasteiger partial charge < -0.3 is 5.32 Å². The van der Waals surface area contributed by atoms with Gasteiger partial charge in [-0.25, -0.2) is 0 Å². The Morgan fingerprint density at radius 2 is 2.00 bits per heavy atom. The highest BCUT2D eigenvalue weighted by molar-refractivity contribution is 7.71. The van der Waals surface area contributed by atoms with Crippen molar-refractivity contribution in [3.8, 4) is 10.7 Å². The van der Waals surface area contributed by atoms with Crippen LogP contribution in [0.1, 0.15) is 44.9 Å². The first-order valence-corrected chi connectivity index (χ1v) is 11.3. The molecular weight excluding hydrogens is 376 g/mol. The number of nitrogens with one attached hydrogen (secondary N) is 2. The zero-order valence-electron chi connectivity index (χ0n) is 15.4. The third-order valence-corrected chi connectivity index (χ3v) is 8.07. The molecule has 4 aliphatic rings. The molecular formula is C20H26N4OS2. The fourth-order valence-corrected chi connectivity index (χ4v) is 7.16. The van der Waals surface area contributed by atoms with Gasteiger partial charge in [0.15, 0.2) is 10.6 Å². The first-order chi connectivity index (χ1) is 13.1. The first-order valence-electron chi connectivity index (χ1n) is 10.1. The second-order valence-corrected chi connectivity index (χ2v) is 10.3. The lowest BCUT2D eigenvalue weighted by Crippen LogP contribution is -2.51. The number of thiophene rings is 1. The van der Waals surface area contributed by atoms with Crippen molar-refractivity contribution in [2.75, 3.05) is 6.54 Å². The summed E-state index contributed by atoms with van der Waals surface area (Å²) in [6.45, 7) is 1.43. The molecule has 4 aliphatic carbocycles. The highest BCUT2D eigenvalue weighted by atomic mass is 32.1. The fraction of sp³-hybridized carbons (Fsp3) is 0.650. The molecule has 2 N–H and O–H groups in total. The number of aromatic amines is 1. The van der Waals surface area contributed by atoms with E-state index in [-0.39, 0.29) is 5.91 Å². The Morgan fingerprint density at radius 1 is 1.30 bits per heavy atom. The molecule has 0 saturated heterocycles. The summed E-state index contributed by atoms with van der Waals surface area (Å²) in [6.07, 6.45) is 8.75. The molecule has 2 aromatic rings. The van der Waals surface area contributed by atoms with Crippen molar-refractivity contribution in [1.29, 1.82) is 0 Å². The predicted octanol–water partition coefficient (Wildman–Crippen LogP) is 4.39. The number of amides is 1. The van der Waals surface area contributed by atoms with Gasteiger partial charge >= 0.3 is 0 Å². The second kappa shape index (κ2) is 6.85. The van der Waals surface area contributed by atoms with Gasteiger partial charge in [0.05, 0.1) is 4.88 Å². The van der Waals surface area contributed by atoms with E-state index in [0.717, 1.165) is 35.0 Å². The fourth-order valence-electron chi connectivity index (χ4n) is 6.21. The maximum absolute atomic E-state index is 12.6. The molecule has 0 atom stereocenters. The SMILES string of the molecule is O=C(CCn1c(-c2cccs2)n[nH]c1=S)NCC12CC3CC(CC(C3)C1)C2. The van der Waals surface area contributed by atoms with Gasteiger partial charge in [-0.2, -0.15) is 5.10 Å². The van der Waals surface area contributed by atoms with Gasteiger partial charge in [0.2, 0.25) is 5.91 Å². The number of rotatable bonds is 6. The smallest absolute Gasteiger partial charge is 0.221 e. The number of nitrogens with zero attached hydrogens (tertiary/aromatic N) is 2. The van der Waals surface area contributed by atoms with E-state index in [1.807, 2.05) is 22.1 Å². The van der Waals surface area contributed by atoms with E-state index >= 15 is 0 Å². The Labute approximate surface area is 168 Å². The van der Waals surface area contributed by atoms with E-state index in [2.05, 4.69) is 15.5 Å². The molecule has 0 radical (unpaired) electrons. The monoisotopic (exact) mass is 402 g/mol. The van der Waals surface area contributed by atoms with Gasteiger partial charge in [-0.15, -0.1) is 11.3 Å². The summed E-state index contributed by atoms with van der Waals surface area (Å²) in [5.74, 6) is 3.72. The molecule has 7 heteroatoms. The van der Waals surface area contributed by atoms with Crippen LogP contribution in [0.2, 0.25) is 0 Å². The van der Waals surface area contributed by atoms with E-state index in [1.54, 1.807) is 11.3 Å². The Hall–Kier alpha value is -1.47. The van der Waals surface area contributed by atoms with Crippen molar-refractivity contribution < 1.29 is 4.79 Å². The van der Waals surface area contributed by atoms with Crippen molar-refractivity contribution in [3.05, 3.63) is 22.3 Å². The molecule has 0 aromatic carbocycles. The van der Waals surface area contributed by atoms with Gasteiger partial charge in [0.1, 0.15) is 0 Å². The molecule has 5 nitrogen and oxygen atoms in total. The maximum Gasteiger partial charge on any atom is 0.221 e. The first kappa shape index (κ1) is 17.6. The Balaban J connectivity index is 1.19. The number of hydrogen-bond acceptors (Lipinski definition) is 4. The molecule has 4 saturated carbocycles. The molecule has 4 bridgehead atoms. The van der Waals surface area contributed by atoms with Crippen molar-refractivity contribution in [3.63, 3.8) is 0 Å². The average Bonchev–Trinajstić information content (AvgIpc) is 3.27. The topological polar surface area (TPSA) is 62.7 Å². The number of carbonyl (C=O) groups excluding carboxylic acids is 1. The van der Waals surface area contributed by atoms with Gasteiger partial charge in [0.25, 0.3) is 0 Å². The van der Waals surface area contributed by atoms with E-state index in [1.165, 1.54) is 38.5 Å². The van der Waals surface area contributed by atoms with E-state index in [4.69, 9.17) is 12.2 Å². The quantitative estimate of drug-likeness (QED) is 0.704. The van der Waals surface area contributed by atoms with Crippen LogP contribution in [-0.4, -0.2) is 27.2 Å². The molecule has 0 unspecified atom stereocenters. The van der Waals surface area contributed by atoms with Gasteiger partial charge in [0, 0.05) is 19.5 Å². The van der Waals surface area contributed by atoms with Crippen LogP contribution < -0.4 is 5.32 Å². The summed E-state index contributed by atoms with van der Waals surface area (Å²) >= 11 is 6.99. The normalized spacial score (nSPS) is 31.3. The zero-order valence-corrected chi connectivity index (χ0v) is 17.1. The summed E-state index contributed by atoms with van der Waals surface area (Å²) in [4.78, 5) is 13.6. The molecule has 2 heterocycles. The summed E-state index contributed by atoms with van der Waals surface area (Å²) in [7, 11) is 0. The summed E-state index contributed by atoms with van der Waals surface area (Å²) < 4.78 is 2.51. The largest absolute Gasteiger partial charge is 0.355 e. The van der Waals surface area contributed by atoms with E-state index in [0.29, 0.717) is 23.2 Å². The molecule has 27 heavy (non-hydrogen) atoms. The number of carbonyl (C=O) groups is 1. The lowest BCUT2D eigenvalue weighted by molar-refractivity contribution is -0.123. The van der Waals surface area contributed by atoms with Gasteiger partial charge in [-0.1, -0.05) is 6.07 Å². The molecule has 4 fully saturated rings. The van der Waals surface area contributed by atoms with E-state index < -0.39 is 0 Å². The number of aromatic nitrogens is 3. The minimum absolute atomic E-state index is 0.131. The van der Waals surface area contributed by atoms with Crippen molar-refractivity contribution in [2.45, 2.75) is 51.5 Å². The lowest BCUT2D eigenvalue weighted by atomic mass is 9.49. The summed E-state index contributed by atoms with van der Waals surface area (Å²) in [6, 6.07) is 4.03. The van der Waals surface area contributed by atoms with Crippen LogP contribution in [0.3, 0.4) is 0 Å². The molecule has 0 spiro atoms. The Bertz CT molecular complexity index is 847. The number of H-pyrrole nitrogens is 1. The van der Waals surface area contributed by atoms with Gasteiger partial charge in [-0.3, -0.25) is 14.5 Å². The summed E-state index contributed by atoms with van der Waals surface area (Å²) in [5, 5.41) is 12.5. The van der Waals surface area contributed by atoms with Crippen LogP contribution in [-0.2, 0) is 11.3 Å². The zero-order chi connectivity index (χ0) is 18.4. The minimum Gasteiger partial charge on any atom is -0.355 e. The molecule has 6 rings (SSSR count). The van der Waals surface area contributed by atoms with Crippen LogP contribution in [0.5, 0.6) is 0 Å². The standard InChI is InChI=1S/C20H26N4OS2/c25-17(3-4-24-18(22-23-19(24)26)16-2-1-5-27-16)21-12-20-9-13-6-14(10-20)8-15(7-13)11-20/h1-2,5,13-15H,3-4,6-12H2,(H,21,25)(H,23,26). The van der Waals surface area contributed by atoms with Crippen LogP contribution in [0.4, 0.5) is 0 Å². The second-order valence-electron chi connectivity index (χ2n) is 8.93. The van der Waals surface area contributed by atoms with Crippen LogP contribution in [0, 0.1) is 27.9 Å². The molecule has 1 amide bonds.